The molecule has 4 rings (SSSR count). The fourth-order valence-electron chi connectivity index (χ4n) is 3.75. The Labute approximate surface area is 198 Å². The smallest absolute Gasteiger partial charge is 0.255 e. The molecule has 1 N–H and O–H groups in total. The van der Waals surface area contributed by atoms with Crippen molar-refractivity contribution in [3.63, 3.8) is 0 Å². The summed E-state index contributed by atoms with van der Waals surface area (Å²) in [4.78, 5) is 15.4. The molecule has 0 aliphatic rings. The number of benzene rings is 2. The molecule has 0 bridgehead atoms. The van der Waals surface area contributed by atoms with Gasteiger partial charge in [0, 0.05) is 18.3 Å². The number of amides is 1. The number of rotatable bonds is 9. The van der Waals surface area contributed by atoms with Crippen LogP contribution in [0.2, 0.25) is 0 Å². The van der Waals surface area contributed by atoms with Crippen LogP contribution in [0, 0.1) is 0 Å². The maximum absolute atomic E-state index is 13.4. The van der Waals surface area contributed by atoms with Gasteiger partial charge in [-0.2, -0.15) is 5.10 Å². The largest absolute Gasteiger partial charge is 0.493 e. The van der Waals surface area contributed by atoms with E-state index >= 15 is 0 Å². The van der Waals surface area contributed by atoms with Gasteiger partial charge in [-0.15, -0.1) is 0 Å². The topological polar surface area (TPSA) is 81.8 Å². The number of methoxy groups -OCH3 is 2. The summed E-state index contributed by atoms with van der Waals surface area (Å²) in [5, 5.41) is 7.79. The number of aromatic nitrogens is 2. The van der Waals surface area contributed by atoms with E-state index < -0.39 is 0 Å². The molecule has 2 heterocycles. The molecule has 0 saturated heterocycles. The van der Waals surface area contributed by atoms with Gasteiger partial charge in [0.2, 0.25) is 0 Å². The van der Waals surface area contributed by atoms with Crippen LogP contribution in [0.25, 0.3) is 16.9 Å². The van der Waals surface area contributed by atoms with Crippen LogP contribution in [-0.2, 0) is 0 Å². The van der Waals surface area contributed by atoms with E-state index in [1.165, 1.54) is 0 Å². The summed E-state index contributed by atoms with van der Waals surface area (Å²) in [7, 11) is 7.05. The van der Waals surface area contributed by atoms with Crippen LogP contribution >= 0.6 is 0 Å². The van der Waals surface area contributed by atoms with E-state index in [4.69, 9.17) is 19.0 Å². The molecule has 1 unspecified atom stereocenters. The summed E-state index contributed by atoms with van der Waals surface area (Å²) < 4.78 is 18.1. The van der Waals surface area contributed by atoms with Gasteiger partial charge in [-0.05, 0) is 56.6 Å². The molecule has 1 amide bonds. The van der Waals surface area contributed by atoms with Crippen LogP contribution in [0.5, 0.6) is 11.5 Å². The second-order valence-electron chi connectivity index (χ2n) is 7.95. The van der Waals surface area contributed by atoms with E-state index in [2.05, 4.69) is 5.32 Å². The van der Waals surface area contributed by atoms with Crippen LogP contribution < -0.4 is 14.8 Å². The first kappa shape index (κ1) is 23.1. The Hall–Kier alpha value is -4.04. The summed E-state index contributed by atoms with van der Waals surface area (Å²) in [5.74, 6) is 1.72. The van der Waals surface area contributed by atoms with Gasteiger partial charge >= 0.3 is 0 Å². The van der Waals surface area contributed by atoms with Crippen molar-refractivity contribution in [2.75, 3.05) is 34.9 Å². The van der Waals surface area contributed by atoms with Gasteiger partial charge in [-0.25, -0.2) is 4.68 Å². The van der Waals surface area contributed by atoms with Crippen molar-refractivity contribution in [2.24, 2.45) is 0 Å². The zero-order valence-corrected chi connectivity index (χ0v) is 19.7. The minimum Gasteiger partial charge on any atom is -0.493 e. The van der Waals surface area contributed by atoms with Crippen molar-refractivity contribution in [1.29, 1.82) is 0 Å². The number of nitrogens with one attached hydrogen (secondary N) is 1. The molecule has 0 radical (unpaired) electrons. The van der Waals surface area contributed by atoms with E-state index in [0.717, 1.165) is 17.0 Å². The number of carbonyl (C=O) groups excluding carboxylic acids is 1. The highest BCUT2D eigenvalue weighted by Crippen LogP contribution is 2.33. The zero-order chi connectivity index (χ0) is 24.1. The zero-order valence-electron chi connectivity index (χ0n) is 19.7. The molecular weight excluding hydrogens is 432 g/mol. The molecule has 0 aliphatic heterocycles. The molecule has 4 aromatic rings. The molecule has 0 aliphatic carbocycles. The van der Waals surface area contributed by atoms with Gasteiger partial charge < -0.3 is 19.2 Å². The molecule has 0 spiro atoms. The summed E-state index contributed by atoms with van der Waals surface area (Å²) >= 11 is 0. The first-order chi connectivity index (χ1) is 16.5. The van der Waals surface area contributed by atoms with Crippen molar-refractivity contribution in [1.82, 2.24) is 20.0 Å². The predicted octanol–water partition coefficient (Wildman–Crippen LogP) is 4.18. The molecule has 8 heteroatoms. The standard InChI is InChI=1S/C26H28N4O4/c1-29(2)21(22-11-8-14-34-22)16-27-26(31)20-17-30(19-9-6-5-7-10-19)28-25(20)18-12-13-23(32-3)24(15-18)33-4/h5-15,17,21H,16H2,1-4H3,(H,27,31). The number of furan rings is 1. The van der Waals surface area contributed by atoms with Crippen molar-refractivity contribution in [3.8, 4) is 28.4 Å². The van der Waals surface area contributed by atoms with E-state index in [-0.39, 0.29) is 11.9 Å². The molecule has 2 aromatic carbocycles. The molecule has 34 heavy (non-hydrogen) atoms. The van der Waals surface area contributed by atoms with Crippen molar-refractivity contribution in [2.45, 2.75) is 6.04 Å². The predicted molar refractivity (Wildman–Crippen MR) is 130 cm³/mol. The second-order valence-corrected chi connectivity index (χ2v) is 7.95. The third kappa shape index (κ3) is 4.82. The maximum Gasteiger partial charge on any atom is 0.255 e. The van der Waals surface area contributed by atoms with E-state index in [9.17, 15) is 4.79 Å². The highest BCUT2D eigenvalue weighted by Gasteiger charge is 2.23. The third-order valence-corrected chi connectivity index (χ3v) is 5.59. The summed E-state index contributed by atoms with van der Waals surface area (Å²) in [6, 6.07) is 18.8. The number of hydrogen-bond acceptors (Lipinski definition) is 6. The lowest BCUT2D eigenvalue weighted by Crippen LogP contribution is -2.34. The number of ether oxygens (including phenoxy) is 2. The van der Waals surface area contributed by atoms with E-state index in [0.29, 0.717) is 29.3 Å². The van der Waals surface area contributed by atoms with E-state index in [1.54, 1.807) is 37.4 Å². The molecule has 176 valence electrons. The fourth-order valence-corrected chi connectivity index (χ4v) is 3.75. The molecule has 1 atom stereocenters. The highest BCUT2D eigenvalue weighted by atomic mass is 16.5. The van der Waals surface area contributed by atoms with Crippen LogP contribution in [0.15, 0.2) is 77.5 Å². The van der Waals surface area contributed by atoms with Crippen molar-refractivity contribution < 1.29 is 18.7 Å². The highest BCUT2D eigenvalue weighted by molar-refractivity contribution is 6.00. The average Bonchev–Trinajstić information content (AvgIpc) is 3.55. The van der Waals surface area contributed by atoms with Gasteiger partial charge in [0.25, 0.3) is 5.91 Å². The Morgan fingerprint density at radius 2 is 1.82 bits per heavy atom. The Morgan fingerprint density at radius 1 is 1.06 bits per heavy atom. The fraction of sp³-hybridized carbons (Fsp3) is 0.231. The lowest BCUT2D eigenvalue weighted by atomic mass is 10.1. The number of hydrogen-bond donors (Lipinski definition) is 1. The van der Waals surface area contributed by atoms with Crippen molar-refractivity contribution in [3.05, 3.63) is 84.4 Å². The third-order valence-electron chi connectivity index (χ3n) is 5.59. The van der Waals surface area contributed by atoms with Crippen LogP contribution in [0.3, 0.4) is 0 Å². The van der Waals surface area contributed by atoms with Gasteiger partial charge in [0.1, 0.15) is 11.5 Å². The lowest BCUT2D eigenvalue weighted by Gasteiger charge is -2.22. The SMILES string of the molecule is COc1ccc(-c2nn(-c3ccccc3)cc2C(=O)NCC(c2ccco2)N(C)C)cc1OC. The summed E-state index contributed by atoms with van der Waals surface area (Å²) in [6.07, 6.45) is 3.38. The Balaban J connectivity index is 1.69. The molecule has 0 fully saturated rings. The van der Waals surface area contributed by atoms with Crippen molar-refractivity contribution >= 4 is 5.91 Å². The number of carbonyl (C=O) groups is 1. The molecule has 2 aromatic heterocycles. The van der Waals surface area contributed by atoms with Gasteiger partial charge in [-0.3, -0.25) is 9.69 Å². The molecule has 0 saturated carbocycles. The summed E-state index contributed by atoms with van der Waals surface area (Å²) in [6.45, 7) is 0.376. The molecule has 8 nitrogen and oxygen atoms in total. The first-order valence-corrected chi connectivity index (χ1v) is 10.9. The monoisotopic (exact) mass is 460 g/mol. The average molecular weight is 461 g/mol. The van der Waals surface area contributed by atoms with E-state index in [1.807, 2.05) is 73.6 Å². The van der Waals surface area contributed by atoms with Gasteiger partial charge in [-0.1, -0.05) is 18.2 Å². The van der Waals surface area contributed by atoms with Gasteiger partial charge in [0.05, 0.1) is 37.8 Å². The number of para-hydroxylation sites is 1. The van der Waals surface area contributed by atoms with Crippen LogP contribution in [-0.4, -0.2) is 55.4 Å². The normalized spacial score (nSPS) is 11.9. The Morgan fingerprint density at radius 3 is 2.47 bits per heavy atom. The first-order valence-electron chi connectivity index (χ1n) is 10.9. The minimum absolute atomic E-state index is 0.104. The number of likely N-dealkylation sites (N-methyl/N-ethyl adjacent to an activating group) is 1. The lowest BCUT2D eigenvalue weighted by molar-refractivity contribution is 0.0939. The quantitative estimate of drug-likeness (QED) is 0.404. The van der Waals surface area contributed by atoms with Crippen LogP contribution in [0.4, 0.5) is 0 Å². The van der Waals surface area contributed by atoms with Crippen LogP contribution in [0.1, 0.15) is 22.2 Å². The number of nitrogens with zero attached hydrogens (tertiary/aromatic N) is 3. The summed E-state index contributed by atoms with van der Waals surface area (Å²) in [5.41, 5.74) is 2.59. The van der Waals surface area contributed by atoms with Gasteiger partial charge in [0.15, 0.2) is 11.5 Å². The Bertz CT molecular complexity index is 1230. The second kappa shape index (κ2) is 10.3. The Kier molecular flexibility index (Phi) is 6.98. The maximum atomic E-state index is 13.4. The minimum atomic E-state index is -0.231. The molecular formula is C26H28N4O4.